The van der Waals surface area contributed by atoms with Gasteiger partial charge in [-0.25, -0.2) is 8.42 Å². The van der Waals surface area contributed by atoms with Gasteiger partial charge in [-0.2, -0.15) is 4.31 Å². The molecule has 2 aromatic carbocycles. The second-order valence-corrected chi connectivity index (χ2v) is 11.4. The first-order valence-corrected chi connectivity index (χ1v) is 12.0. The number of thiophene rings is 1. The first-order chi connectivity index (χ1) is 13.4. The minimum absolute atomic E-state index is 0.137. The average Bonchev–Trinajstić information content (AvgIpc) is 3.15. The number of piperidine rings is 1. The molecule has 1 amide bonds. The van der Waals surface area contributed by atoms with E-state index in [2.05, 4.69) is 21.2 Å². The highest BCUT2D eigenvalue weighted by atomic mass is 79.9. The maximum atomic E-state index is 12.9. The van der Waals surface area contributed by atoms with Crippen LogP contribution in [0.15, 0.2) is 62.6 Å². The molecule has 3 aromatic rings. The number of carbonyl (C=O) groups is 1. The zero-order valence-corrected chi connectivity index (χ0v) is 18.2. The van der Waals surface area contributed by atoms with Gasteiger partial charge in [-0.3, -0.25) is 4.79 Å². The number of anilines is 1. The van der Waals surface area contributed by atoms with Gasteiger partial charge in [0.05, 0.1) is 9.70 Å². The van der Waals surface area contributed by atoms with Gasteiger partial charge in [0.1, 0.15) is 4.21 Å². The number of nitrogens with one attached hydrogen (secondary N) is 1. The third-order valence-electron chi connectivity index (χ3n) is 4.91. The van der Waals surface area contributed by atoms with Crippen molar-refractivity contribution in [3.8, 4) is 0 Å². The number of halogens is 1. The standard InChI is InChI=1S/C20H19BrN2O3S2/c21-18-9-10-19(27-18)28(25,26)23-11-3-6-16(13-23)20(24)22-17-8-7-14-4-1-2-5-15(14)12-17/h1-2,4-5,7-10,12,16H,3,6,11,13H2,(H,22,24). The van der Waals surface area contributed by atoms with Crippen LogP contribution in [0.4, 0.5) is 5.69 Å². The fourth-order valence-electron chi connectivity index (χ4n) is 3.45. The summed E-state index contributed by atoms with van der Waals surface area (Å²) in [5.41, 5.74) is 0.728. The lowest BCUT2D eigenvalue weighted by Crippen LogP contribution is -2.43. The van der Waals surface area contributed by atoms with E-state index in [0.29, 0.717) is 23.6 Å². The zero-order valence-electron chi connectivity index (χ0n) is 15.0. The Bertz CT molecular complexity index is 1130. The molecule has 0 bridgehead atoms. The summed E-state index contributed by atoms with van der Waals surface area (Å²) in [6, 6.07) is 17.1. The number of hydrogen-bond donors (Lipinski definition) is 1. The van der Waals surface area contributed by atoms with Crippen molar-refractivity contribution in [2.24, 2.45) is 5.92 Å². The van der Waals surface area contributed by atoms with Crippen LogP contribution in [-0.4, -0.2) is 31.7 Å². The van der Waals surface area contributed by atoms with Gasteiger partial charge in [0, 0.05) is 18.8 Å². The fourth-order valence-corrected chi connectivity index (χ4v) is 7.14. The Morgan fingerprint density at radius 3 is 2.64 bits per heavy atom. The van der Waals surface area contributed by atoms with Crippen molar-refractivity contribution in [3.05, 3.63) is 58.4 Å². The molecule has 5 nitrogen and oxygen atoms in total. The molecule has 8 heteroatoms. The summed E-state index contributed by atoms with van der Waals surface area (Å²) >= 11 is 4.50. The molecule has 2 heterocycles. The van der Waals surface area contributed by atoms with Crippen molar-refractivity contribution in [2.45, 2.75) is 17.1 Å². The molecule has 1 N–H and O–H groups in total. The van der Waals surface area contributed by atoms with E-state index in [4.69, 9.17) is 0 Å². The van der Waals surface area contributed by atoms with Gasteiger partial charge in [-0.05, 0) is 63.8 Å². The Hall–Kier alpha value is -1.74. The lowest BCUT2D eigenvalue weighted by atomic mass is 9.98. The summed E-state index contributed by atoms with van der Waals surface area (Å²) in [5, 5.41) is 5.12. The van der Waals surface area contributed by atoms with Crippen LogP contribution in [0.5, 0.6) is 0 Å². The molecule has 1 saturated heterocycles. The predicted molar refractivity (Wildman–Crippen MR) is 116 cm³/mol. The molecule has 4 rings (SSSR count). The molecule has 1 aliphatic rings. The molecule has 0 spiro atoms. The third kappa shape index (κ3) is 4.00. The molecule has 1 atom stereocenters. The van der Waals surface area contributed by atoms with Gasteiger partial charge < -0.3 is 5.32 Å². The maximum absolute atomic E-state index is 12.9. The highest BCUT2D eigenvalue weighted by Crippen LogP contribution is 2.31. The SMILES string of the molecule is O=C(Nc1ccc2ccccc2c1)C1CCCN(S(=O)(=O)c2ccc(Br)s2)C1. The van der Waals surface area contributed by atoms with Gasteiger partial charge in [0.25, 0.3) is 10.0 Å². The lowest BCUT2D eigenvalue weighted by molar-refractivity contribution is -0.120. The summed E-state index contributed by atoms with van der Waals surface area (Å²) in [4.78, 5) is 12.8. The topological polar surface area (TPSA) is 66.5 Å². The number of sulfonamides is 1. The molecule has 28 heavy (non-hydrogen) atoms. The van der Waals surface area contributed by atoms with E-state index in [9.17, 15) is 13.2 Å². The van der Waals surface area contributed by atoms with Crippen molar-refractivity contribution < 1.29 is 13.2 Å². The normalized spacial score (nSPS) is 18.2. The van der Waals surface area contributed by atoms with Crippen LogP contribution >= 0.6 is 27.3 Å². The van der Waals surface area contributed by atoms with Crippen LogP contribution in [0.25, 0.3) is 10.8 Å². The number of benzene rings is 2. The van der Waals surface area contributed by atoms with E-state index in [1.54, 1.807) is 12.1 Å². The van der Waals surface area contributed by atoms with Gasteiger partial charge in [-0.15, -0.1) is 11.3 Å². The zero-order chi connectivity index (χ0) is 19.7. The number of hydrogen-bond acceptors (Lipinski definition) is 4. The molecule has 146 valence electrons. The van der Waals surface area contributed by atoms with Crippen molar-refractivity contribution in [1.29, 1.82) is 0 Å². The highest BCUT2D eigenvalue weighted by molar-refractivity contribution is 9.11. The van der Waals surface area contributed by atoms with Crippen molar-refractivity contribution in [3.63, 3.8) is 0 Å². The third-order valence-corrected chi connectivity index (χ3v) is 8.87. The van der Waals surface area contributed by atoms with Crippen LogP contribution in [0.1, 0.15) is 12.8 Å². The second kappa shape index (κ2) is 7.94. The molecule has 0 aliphatic carbocycles. The van der Waals surface area contributed by atoms with Crippen LogP contribution in [0.3, 0.4) is 0 Å². The number of amides is 1. The van der Waals surface area contributed by atoms with Gasteiger partial charge in [0.2, 0.25) is 5.91 Å². The minimum atomic E-state index is -3.57. The molecule has 1 fully saturated rings. The van der Waals surface area contributed by atoms with Gasteiger partial charge in [0.15, 0.2) is 0 Å². The largest absolute Gasteiger partial charge is 0.326 e. The first-order valence-electron chi connectivity index (χ1n) is 8.99. The number of carbonyl (C=O) groups excluding carboxylic acids is 1. The molecule has 0 saturated carbocycles. The molecule has 1 aromatic heterocycles. The van der Waals surface area contributed by atoms with Gasteiger partial charge >= 0.3 is 0 Å². The van der Waals surface area contributed by atoms with E-state index < -0.39 is 10.0 Å². The predicted octanol–water partition coefficient (Wildman–Crippen LogP) is 4.70. The summed E-state index contributed by atoms with van der Waals surface area (Å²) in [6.07, 6.45) is 1.35. The van der Waals surface area contributed by atoms with E-state index >= 15 is 0 Å². The molecule has 1 aliphatic heterocycles. The minimum Gasteiger partial charge on any atom is -0.326 e. The second-order valence-electron chi connectivity index (χ2n) is 6.81. The monoisotopic (exact) mass is 478 g/mol. The fraction of sp³-hybridized carbons (Fsp3) is 0.250. The van der Waals surface area contributed by atoms with Crippen LogP contribution in [0, 0.1) is 5.92 Å². The highest BCUT2D eigenvalue weighted by Gasteiger charge is 2.34. The Labute approximate surface area is 176 Å². The number of rotatable bonds is 4. The summed E-state index contributed by atoms with van der Waals surface area (Å²) in [7, 11) is -3.57. The Kier molecular flexibility index (Phi) is 5.55. The van der Waals surface area contributed by atoms with Crippen LogP contribution < -0.4 is 5.32 Å². The summed E-state index contributed by atoms with van der Waals surface area (Å²) in [6.45, 7) is 0.648. The maximum Gasteiger partial charge on any atom is 0.252 e. The average molecular weight is 479 g/mol. The van der Waals surface area contributed by atoms with Crippen LogP contribution in [0.2, 0.25) is 0 Å². The number of fused-ring (bicyclic) bond motifs is 1. The first kappa shape index (κ1) is 19.6. The van der Waals surface area contributed by atoms with Gasteiger partial charge in [-0.1, -0.05) is 30.3 Å². The van der Waals surface area contributed by atoms with E-state index in [1.807, 2.05) is 42.5 Å². The molecular weight excluding hydrogens is 460 g/mol. The Balaban J connectivity index is 1.48. The summed E-state index contributed by atoms with van der Waals surface area (Å²) < 4.78 is 28.2. The molecule has 1 unspecified atom stereocenters. The molecular formula is C20H19BrN2O3S2. The lowest BCUT2D eigenvalue weighted by Gasteiger charge is -2.30. The van der Waals surface area contributed by atoms with E-state index in [0.717, 1.165) is 20.2 Å². The van der Waals surface area contributed by atoms with Crippen LogP contribution in [-0.2, 0) is 14.8 Å². The number of nitrogens with zero attached hydrogens (tertiary/aromatic N) is 1. The molecule has 0 radical (unpaired) electrons. The Morgan fingerprint density at radius 1 is 1.11 bits per heavy atom. The summed E-state index contributed by atoms with van der Waals surface area (Å²) in [5.74, 6) is -0.499. The quantitative estimate of drug-likeness (QED) is 0.590. The smallest absolute Gasteiger partial charge is 0.252 e. The van der Waals surface area contributed by atoms with Crippen molar-refractivity contribution in [1.82, 2.24) is 4.31 Å². The van der Waals surface area contributed by atoms with Crippen molar-refractivity contribution >= 4 is 59.7 Å². The Morgan fingerprint density at radius 2 is 1.89 bits per heavy atom. The van der Waals surface area contributed by atoms with Crippen molar-refractivity contribution in [2.75, 3.05) is 18.4 Å². The van der Waals surface area contributed by atoms with E-state index in [-0.39, 0.29) is 18.4 Å². The van der Waals surface area contributed by atoms with E-state index in [1.165, 1.54) is 15.6 Å².